The summed E-state index contributed by atoms with van der Waals surface area (Å²) in [5, 5.41) is 0. The van der Waals surface area contributed by atoms with Crippen molar-refractivity contribution in [2.75, 3.05) is 0 Å². The molecule has 0 fully saturated rings. The van der Waals surface area contributed by atoms with Crippen LogP contribution in [0.25, 0.3) is 0 Å². The van der Waals surface area contributed by atoms with Gasteiger partial charge in [-0.05, 0) is 0 Å². The Labute approximate surface area is 91.0 Å². The molecule has 0 nitrogen and oxygen atoms in total. The van der Waals surface area contributed by atoms with Gasteiger partial charge in [0.05, 0.1) is 0 Å². The van der Waals surface area contributed by atoms with Crippen molar-refractivity contribution in [2.45, 2.75) is 0 Å². The Morgan fingerprint density at radius 2 is 1.20 bits per heavy atom. The van der Waals surface area contributed by atoms with Crippen molar-refractivity contribution in [1.29, 1.82) is 0 Å². The molecule has 0 heterocycles. The van der Waals surface area contributed by atoms with Gasteiger partial charge in [0.1, 0.15) is 0 Å². The summed E-state index contributed by atoms with van der Waals surface area (Å²) in [5.74, 6) is 0. The Bertz CT molecular complexity index is 6.85. The van der Waals surface area contributed by atoms with Crippen LogP contribution in [-0.4, -0.2) is 78.0 Å². The molecule has 0 aromatic heterocycles. The van der Waals surface area contributed by atoms with Gasteiger partial charge in [-0.25, -0.2) is 0 Å². The molecule has 0 atom stereocenters. The van der Waals surface area contributed by atoms with Crippen molar-refractivity contribution < 1.29 is 0 Å². The van der Waals surface area contributed by atoms with Gasteiger partial charge in [0.15, 0.2) is 0 Å². The van der Waals surface area contributed by atoms with Crippen molar-refractivity contribution in [3.05, 3.63) is 0 Å². The van der Waals surface area contributed by atoms with Crippen LogP contribution in [0.1, 0.15) is 0 Å². The Balaban J connectivity index is 0. The van der Waals surface area contributed by atoms with Gasteiger partial charge in [-0.1, -0.05) is 0 Å². The van der Waals surface area contributed by atoms with Crippen LogP contribution in [0.3, 0.4) is 0 Å². The summed E-state index contributed by atoms with van der Waals surface area (Å²) >= 11 is -0.396. The van der Waals surface area contributed by atoms with Gasteiger partial charge in [-0.2, -0.15) is 0 Å². The fourth-order valence-electron chi connectivity index (χ4n) is 0. The van der Waals surface area contributed by atoms with Crippen molar-refractivity contribution in [2.24, 2.45) is 0 Å². The molecule has 0 spiro atoms. The molecule has 0 rings (SSSR count). The number of halogens is 3. The number of hydrogen-bond donors (Lipinski definition) is 0. The fraction of sp³-hybridized carbons (Fsp3) is 0. The van der Waals surface area contributed by atoms with Gasteiger partial charge >= 0.3 is 94.5 Å². The molecule has 5 heteroatoms. The van der Waals surface area contributed by atoms with E-state index in [4.69, 9.17) is 16.5 Å². The third-order valence-corrected chi connectivity index (χ3v) is 0. The number of hydrogen-bond acceptors (Lipinski definition) is 0. The minimum atomic E-state index is -0.931. The SMILES string of the molecule is [Cl][Ca][Cl].[Cl][K]. The van der Waals surface area contributed by atoms with E-state index in [-0.39, 0.29) is 0 Å². The quantitative estimate of drug-likeness (QED) is 0.499. The van der Waals surface area contributed by atoms with Crippen molar-refractivity contribution >= 4 is 94.5 Å². The molecule has 0 saturated heterocycles. The van der Waals surface area contributed by atoms with Crippen molar-refractivity contribution in [3.8, 4) is 0 Å². The molecule has 0 N–H and O–H groups in total. The second-order valence-corrected chi connectivity index (χ2v) is 3.75. The third-order valence-electron chi connectivity index (χ3n) is 0. The van der Waals surface area contributed by atoms with E-state index in [0.717, 1.165) is 0 Å². The first-order valence-electron chi connectivity index (χ1n) is 0.912. The fourth-order valence-corrected chi connectivity index (χ4v) is 0. The minimum absolute atomic E-state index is 0.535. The molecule has 0 aliphatic carbocycles. The predicted octanol–water partition coefficient (Wildman–Crippen LogP) is 1.31. The van der Waals surface area contributed by atoms with Crippen LogP contribution in [0.4, 0.5) is 0 Å². The second-order valence-electron chi connectivity index (χ2n) is 0.101. The van der Waals surface area contributed by atoms with E-state index in [0.29, 0.717) is 47.1 Å². The number of rotatable bonds is 0. The maximum absolute atomic E-state index is 4.95. The molecule has 0 bridgehead atoms. The average molecular weight is 186 g/mol. The summed E-state index contributed by atoms with van der Waals surface area (Å²) in [6, 6.07) is 0. The third kappa shape index (κ3) is 18.2. The van der Waals surface area contributed by atoms with E-state index in [1.54, 1.807) is 0 Å². The molecule has 0 aliphatic rings. The van der Waals surface area contributed by atoms with Gasteiger partial charge in [0, 0.05) is 0 Å². The first-order chi connectivity index (χ1) is 2.41. The van der Waals surface area contributed by atoms with Crippen molar-refractivity contribution in [1.82, 2.24) is 0 Å². The van der Waals surface area contributed by atoms with Crippen LogP contribution in [-0.2, 0) is 0 Å². The molecule has 0 unspecified atom stereocenters. The first-order valence-corrected chi connectivity index (χ1v) is 11.3. The van der Waals surface area contributed by atoms with E-state index >= 15 is 0 Å². The molecule has 0 saturated carbocycles. The van der Waals surface area contributed by atoms with E-state index in [1.165, 1.54) is 0 Å². The van der Waals surface area contributed by atoms with E-state index in [9.17, 15) is 0 Å². The van der Waals surface area contributed by atoms with E-state index in [1.807, 2.05) is 0 Å². The predicted molar refractivity (Wildman–Crippen MR) is 29.1 cm³/mol. The zero-order valence-electron chi connectivity index (χ0n) is 2.84. The molecule has 0 radical (unpaired) electrons. The van der Waals surface area contributed by atoms with Crippen LogP contribution < -0.4 is 0 Å². The van der Waals surface area contributed by atoms with Gasteiger partial charge in [-0.15, -0.1) is 0 Å². The van der Waals surface area contributed by atoms with Gasteiger partial charge in [0.25, 0.3) is 0 Å². The molecule has 0 aliphatic heterocycles. The summed E-state index contributed by atoms with van der Waals surface area (Å²) in [5.41, 5.74) is 0. The van der Waals surface area contributed by atoms with E-state index in [2.05, 4.69) is 0 Å². The summed E-state index contributed by atoms with van der Waals surface area (Å²) in [4.78, 5) is 0. The molecule has 0 aromatic rings. The van der Waals surface area contributed by atoms with Crippen LogP contribution in [0.2, 0.25) is 0 Å². The normalized spacial score (nSPS) is 3.40. The summed E-state index contributed by atoms with van der Waals surface area (Å²) in [6.45, 7) is 0. The summed E-state index contributed by atoms with van der Waals surface area (Å²) < 4.78 is 4.83. The van der Waals surface area contributed by atoms with Gasteiger partial charge in [0.2, 0.25) is 0 Å². The average Bonchev–Trinajstić information content (AvgIpc) is 1.46. The van der Waals surface area contributed by atoms with Crippen LogP contribution in [0.5, 0.6) is 0 Å². The van der Waals surface area contributed by atoms with E-state index < -0.39 is 30.8 Å². The zero-order chi connectivity index (χ0) is 4.71. The molecular weight excluding hydrogens is 186 g/mol. The van der Waals surface area contributed by atoms with Crippen LogP contribution >= 0.6 is 16.5 Å². The molecule has 0 amide bonds. The molecule has 5 heavy (non-hydrogen) atoms. The molecule has 24 valence electrons. The van der Waals surface area contributed by atoms with Crippen LogP contribution in [0.15, 0.2) is 0 Å². The van der Waals surface area contributed by atoms with Crippen LogP contribution in [0, 0.1) is 0 Å². The zero-order valence-corrected chi connectivity index (χ0v) is 10.4. The van der Waals surface area contributed by atoms with Gasteiger partial charge < -0.3 is 0 Å². The Kier molecular flexibility index (Phi) is 36.2. The van der Waals surface area contributed by atoms with Crippen molar-refractivity contribution in [3.63, 3.8) is 0 Å². The topological polar surface area (TPSA) is 0 Å². The Morgan fingerprint density at radius 1 is 1.20 bits per heavy atom. The summed E-state index contributed by atoms with van der Waals surface area (Å²) in [7, 11) is 0. The molecule has 0 aromatic carbocycles. The Hall–Kier alpha value is 3.77. The maximum atomic E-state index is 4.95. The Morgan fingerprint density at radius 3 is 1.20 bits per heavy atom. The first kappa shape index (κ1) is 11.5. The molecular formula is CaCl3K. The standard InChI is InChI=1S/Ca.3ClH.K/h;3*1H;/q+2;;;;+1/p-3. The van der Waals surface area contributed by atoms with Gasteiger partial charge in [-0.3, -0.25) is 0 Å². The monoisotopic (exact) mass is 184 g/mol. The second kappa shape index (κ2) is 15.7. The summed E-state index contributed by atoms with van der Waals surface area (Å²) in [6.07, 6.45) is 9.90.